The van der Waals surface area contributed by atoms with Gasteiger partial charge in [-0.15, -0.1) is 0 Å². The molecule has 3 aromatic rings. The summed E-state index contributed by atoms with van der Waals surface area (Å²) in [6.45, 7) is 4.10. The first-order valence-corrected chi connectivity index (χ1v) is 7.92. The highest BCUT2D eigenvalue weighted by molar-refractivity contribution is 5.84. The van der Waals surface area contributed by atoms with E-state index in [1.54, 1.807) is 12.1 Å². The van der Waals surface area contributed by atoms with Crippen LogP contribution in [0.15, 0.2) is 51.7 Å². The summed E-state index contributed by atoms with van der Waals surface area (Å²) in [6, 6.07) is 11.4. The number of aryl methyl sites for hydroxylation is 2. The minimum atomic E-state index is -0.439. The Bertz CT molecular complexity index is 989. The number of benzene rings is 2. The summed E-state index contributed by atoms with van der Waals surface area (Å²) in [5, 5.41) is 11.6. The number of hydrogen-bond donors (Lipinski definition) is 0. The van der Waals surface area contributed by atoms with Crippen LogP contribution in [0.3, 0.4) is 0 Å². The van der Waals surface area contributed by atoms with Gasteiger partial charge in [0.2, 0.25) is 0 Å². The molecule has 0 bridgehead atoms. The van der Waals surface area contributed by atoms with Crippen LogP contribution >= 0.6 is 0 Å². The third-order valence-corrected chi connectivity index (χ3v) is 4.12. The fourth-order valence-electron chi connectivity index (χ4n) is 2.73. The zero-order valence-corrected chi connectivity index (χ0v) is 13.9. The monoisotopic (exact) mass is 339 g/mol. The number of nitrogens with zero attached hydrogens (tertiary/aromatic N) is 1. The van der Waals surface area contributed by atoms with Crippen molar-refractivity contribution >= 4 is 16.7 Å². The van der Waals surface area contributed by atoms with Crippen LogP contribution in [0.5, 0.6) is 5.75 Å². The van der Waals surface area contributed by atoms with Crippen LogP contribution in [0.25, 0.3) is 11.0 Å². The highest BCUT2D eigenvalue weighted by Crippen LogP contribution is 2.29. The number of hydrogen-bond acceptors (Lipinski definition) is 5. The first-order valence-electron chi connectivity index (χ1n) is 7.92. The Hall–Kier alpha value is -3.15. The van der Waals surface area contributed by atoms with Crippen molar-refractivity contribution in [3.8, 4) is 5.75 Å². The first kappa shape index (κ1) is 16.7. The average Bonchev–Trinajstić information content (AvgIpc) is 2.61. The van der Waals surface area contributed by atoms with E-state index in [-0.39, 0.29) is 17.9 Å². The highest BCUT2D eigenvalue weighted by Gasteiger charge is 2.11. The zero-order chi connectivity index (χ0) is 18.0. The van der Waals surface area contributed by atoms with E-state index in [0.29, 0.717) is 11.3 Å². The van der Waals surface area contributed by atoms with Crippen molar-refractivity contribution in [1.29, 1.82) is 0 Å². The lowest BCUT2D eigenvalue weighted by Crippen LogP contribution is -2.03. The topological polar surface area (TPSA) is 82.6 Å². The number of non-ortho nitro benzene ring substituents is 1. The number of rotatable bonds is 5. The molecule has 2 aromatic carbocycles. The van der Waals surface area contributed by atoms with Gasteiger partial charge in [0.25, 0.3) is 5.69 Å². The molecule has 0 unspecified atom stereocenters. The standard InChI is InChI=1S/C19H17NO5/c1-3-14-10-18(21)25-19-12(2)17(9-8-16(14)19)24-11-13-4-6-15(7-5-13)20(22)23/h4-10H,3,11H2,1-2H3. The fourth-order valence-corrected chi connectivity index (χ4v) is 2.73. The molecule has 6 nitrogen and oxygen atoms in total. The van der Waals surface area contributed by atoms with E-state index >= 15 is 0 Å². The van der Waals surface area contributed by atoms with Gasteiger partial charge in [-0.1, -0.05) is 6.92 Å². The quantitative estimate of drug-likeness (QED) is 0.396. The van der Waals surface area contributed by atoms with E-state index in [9.17, 15) is 14.9 Å². The van der Waals surface area contributed by atoms with Crippen molar-refractivity contribution in [3.63, 3.8) is 0 Å². The molecule has 128 valence electrons. The van der Waals surface area contributed by atoms with Crippen LogP contribution in [-0.4, -0.2) is 4.92 Å². The van der Waals surface area contributed by atoms with E-state index in [2.05, 4.69) is 0 Å². The van der Waals surface area contributed by atoms with E-state index in [0.717, 1.165) is 28.5 Å². The molecule has 1 heterocycles. The Morgan fingerprint density at radius 1 is 1.16 bits per heavy atom. The molecular formula is C19H17NO5. The van der Waals surface area contributed by atoms with Gasteiger partial charge in [-0.2, -0.15) is 0 Å². The van der Waals surface area contributed by atoms with Gasteiger partial charge in [0.1, 0.15) is 17.9 Å². The van der Waals surface area contributed by atoms with Crippen molar-refractivity contribution in [3.05, 3.63) is 79.7 Å². The van der Waals surface area contributed by atoms with E-state index < -0.39 is 4.92 Å². The largest absolute Gasteiger partial charge is 0.488 e. The Balaban J connectivity index is 1.88. The lowest BCUT2D eigenvalue weighted by molar-refractivity contribution is -0.384. The molecule has 25 heavy (non-hydrogen) atoms. The lowest BCUT2D eigenvalue weighted by atomic mass is 10.0. The molecule has 0 amide bonds. The maximum atomic E-state index is 11.7. The summed E-state index contributed by atoms with van der Waals surface area (Å²) >= 11 is 0. The predicted octanol–water partition coefficient (Wildman–Crippen LogP) is 4.15. The Labute approximate surface area is 143 Å². The van der Waals surface area contributed by atoms with Gasteiger partial charge in [0.15, 0.2) is 0 Å². The molecule has 0 spiro atoms. The van der Waals surface area contributed by atoms with Crippen molar-refractivity contribution in [2.75, 3.05) is 0 Å². The molecule has 0 aliphatic rings. The summed E-state index contributed by atoms with van der Waals surface area (Å²) in [5.41, 5.74) is 2.71. The summed E-state index contributed by atoms with van der Waals surface area (Å²) in [7, 11) is 0. The second-order valence-electron chi connectivity index (χ2n) is 5.72. The summed E-state index contributed by atoms with van der Waals surface area (Å²) in [4.78, 5) is 22.0. The van der Waals surface area contributed by atoms with Crippen LogP contribution in [0.2, 0.25) is 0 Å². The highest BCUT2D eigenvalue weighted by atomic mass is 16.6. The maximum absolute atomic E-state index is 11.7. The Kier molecular flexibility index (Phi) is 4.52. The van der Waals surface area contributed by atoms with Gasteiger partial charge < -0.3 is 9.15 Å². The van der Waals surface area contributed by atoms with Crippen molar-refractivity contribution in [2.24, 2.45) is 0 Å². The molecule has 0 fully saturated rings. The number of fused-ring (bicyclic) bond motifs is 1. The summed E-state index contributed by atoms with van der Waals surface area (Å²) in [5.74, 6) is 0.613. The van der Waals surface area contributed by atoms with Crippen LogP contribution in [0.4, 0.5) is 5.69 Å². The second kappa shape index (κ2) is 6.76. The maximum Gasteiger partial charge on any atom is 0.336 e. The molecule has 6 heteroatoms. The van der Waals surface area contributed by atoms with E-state index in [1.165, 1.54) is 18.2 Å². The molecule has 0 N–H and O–H groups in total. The van der Waals surface area contributed by atoms with Crippen molar-refractivity contribution in [2.45, 2.75) is 26.9 Å². The van der Waals surface area contributed by atoms with Crippen molar-refractivity contribution in [1.82, 2.24) is 0 Å². The number of nitro benzene ring substituents is 1. The number of ether oxygens (including phenoxy) is 1. The predicted molar refractivity (Wildman–Crippen MR) is 94.0 cm³/mol. The average molecular weight is 339 g/mol. The molecule has 0 saturated carbocycles. The molecule has 0 aliphatic carbocycles. The molecule has 1 aromatic heterocycles. The fraction of sp³-hybridized carbons (Fsp3) is 0.211. The van der Waals surface area contributed by atoms with Gasteiger partial charge >= 0.3 is 5.63 Å². The minimum absolute atomic E-state index is 0.0412. The summed E-state index contributed by atoms with van der Waals surface area (Å²) < 4.78 is 11.2. The zero-order valence-electron chi connectivity index (χ0n) is 13.9. The molecule has 0 aliphatic heterocycles. The van der Waals surface area contributed by atoms with Crippen LogP contribution in [-0.2, 0) is 13.0 Å². The molecule has 0 radical (unpaired) electrons. The van der Waals surface area contributed by atoms with Crippen LogP contribution < -0.4 is 10.4 Å². The van der Waals surface area contributed by atoms with Gasteiger partial charge in [-0.05, 0) is 48.7 Å². The number of nitro groups is 1. The minimum Gasteiger partial charge on any atom is -0.488 e. The van der Waals surface area contributed by atoms with E-state index in [4.69, 9.17) is 9.15 Å². The van der Waals surface area contributed by atoms with Crippen molar-refractivity contribution < 1.29 is 14.1 Å². The SMILES string of the molecule is CCc1cc(=O)oc2c(C)c(OCc3ccc([N+](=O)[O-])cc3)ccc12. The van der Waals surface area contributed by atoms with Gasteiger partial charge in [-0.3, -0.25) is 10.1 Å². The van der Waals surface area contributed by atoms with Crippen LogP contribution in [0, 0.1) is 17.0 Å². The third kappa shape index (κ3) is 3.38. The van der Waals surface area contributed by atoms with Gasteiger partial charge in [0.05, 0.1) is 4.92 Å². The van der Waals surface area contributed by atoms with Gasteiger partial charge in [-0.25, -0.2) is 4.79 Å². The third-order valence-electron chi connectivity index (χ3n) is 4.12. The van der Waals surface area contributed by atoms with Gasteiger partial charge in [0, 0.05) is 29.1 Å². The van der Waals surface area contributed by atoms with E-state index in [1.807, 2.05) is 26.0 Å². The lowest BCUT2D eigenvalue weighted by Gasteiger charge is -2.12. The Morgan fingerprint density at radius 3 is 2.52 bits per heavy atom. The molecular weight excluding hydrogens is 322 g/mol. The smallest absolute Gasteiger partial charge is 0.336 e. The molecule has 0 atom stereocenters. The molecule has 0 saturated heterocycles. The summed E-state index contributed by atoms with van der Waals surface area (Å²) in [6.07, 6.45) is 0.741. The van der Waals surface area contributed by atoms with Crippen LogP contribution in [0.1, 0.15) is 23.6 Å². The Morgan fingerprint density at radius 2 is 1.88 bits per heavy atom. The second-order valence-corrected chi connectivity index (χ2v) is 5.72. The first-order chi connectivity index (χ1) is 12.0. The normalized spacial score (nSPS) is 10.8. The molecule has 3 rings (SSSR count).